The van der Waals surface area contributed by atoms with Crippen LogP contribution in [0, 0.1) is 5.92 Å². The first-order valence-electron chi connectivity index (χ1n) is 8.69. The first-order valence-corrected chi connectivity index (χ1v) is 8.69. The highest BCUT2D eigenvalue weighted by molar-refractivity contribution is 5.85. The molecule has 0 aromatic carbocycles. The monoisotopic (exact) mass is 448 g/mol. The fraction of sp³-hybridized carbons (Fsp3) is 0.429. The smallest absolute Gasteiger partial charge is 0.330 e. The van der Waals surface area contributed by atoms with Crippen LogP contribution in [0.15, 0.2) is 48.6 Å². The van der Waals surface area contributed by atoms with E-state index in [4.69, 9.17) is 30.6 Å². The van der Waals surface area contributed by atoms with Gasteiger partial charge in [0.2, 0.25) is 0 Å². The second-order valence-corrected chi connectivity index (χ2v) is 5.98. The summed E-state index contributed by atoms with van der Waals surface area (Å²) >= 11 is 0. The molecule has 6 N–H and O–H groups in total. The third kappa shape index (κ3) is 46.6. The van der Waals surface area contributed by atoms with Gasteiger partial charge in [0.15, 0.2) is 0 Å². The van der Waals surface area contributed by atoms with Crippen molar-refractivity contribution < 1.29 is 49.8 Å². The number of carboxylic acids is 4. The van der Waals surface area contributed by atoms with E-state index < -0.39 is 23.9 Å². The minimum absolute atomic E-state index is 0.0972. The third-order valence-corrected chi connectivity index (χ3v) is 2.55. The topological polar surface area (TPSA) is 190 Å². The van der Waals surface area contributed by atoms with Crippen molar-refractivity contribution in [3.8, 4) is 0 Å². The number of aliphatic hydroxyl groups is 2. The Kier molecular flexibility index (Phi) is 30.7. The van der Waals surface area contributed by atoms with E-state index in [1.165, 1.54) is 27.7 Å². The van der Waals surface area contributed by atoms with Crippen molar-refractivity contribution in [1.29, 1.82) is 0 Å². The number of hydrogen-bond donors (Lipinski definition) is 6. The second kappa shape index (κ2) is 24.8. The normalized spacial score (nSPS) is 8.13. The summed E-state index contributed by atoms with van der Waals surface area (Å²) in [5.74, 6) is -3.64. The van der Waals surface area contributed by atoms with Crippen LogP contribution in [0.2, 0.25) is 0 Å². The summed E-state index contributed by atoms with van der Waals surface area (Å²) in [7, 11) is 0. The summed E-state index contributed by atoms with van der Waals surface area (Å²) in [4.78, 5) is 38.4. The summed E-state index contributed by atoms with van der Waals surface area (Å²) in [5.41, 5.74) is 0.704. The number of aliphatic hydroxyl groups excluding tert-OH is 2. The highest BCUT2D eigenvalue weighted by atomic mass is 16.4. The molecular formula is C21H36O10. The van der Waals surface area contributed by atoms with Gasteiger partial charge in [0.25, 0.3) is 0 Å². The maximum absolute atomic E-state index is 9.60. The van der Waals surface area contributed by atoms with E-state index >= 15 is 0 Å². The largest absolute Gasteiger partial charge is 0.478 e. The van der Waals surface area contributed by atoms with Gasteiger partial charge < -0.3 is 30.6 Å². The van der Waals surface area contributed by atoms with E-state index in [9.17, 15) is 19.2 Å². The number of aliphatic carboxylic acids is 4. The van der Waals surface area contributed by atoms with Gasteiger partial charge in [-0.1, -0.05) is 33.2 Å². The van der Waals surface area contributed by atoms with Gasteiger partial charge in [-0.25, -0.2) is 19.2 Å². The van der Waals surface area contributed by atoms with Crippen LogP contribution in [0.4, 0.5) is 0 Å². The zero-order valence-corrected chi connectivity index (χ0v) is 18.8. The number of carboxylic acid groups (broad SMARTS) is 4. The number of hydrogen-bond acceptors (Lipinski definition) is 6. The molecule has 0 aromatic heterocycles. The first kappa shape index (κ1) is 38.4. The van der Waals surface area contributed by atoms with Crippen molar-refractivity contribution in [1.82, 2.24) is 0 Å². The lowest BCUT2D eigenvalue weighted by Crippen LogP contribution is -2.08. The summed E-state index contributed by atoms with van der Waals surface area (Å²) < 4.78 is 0. The molecule has 10 heteroatoms. The SMILES string of the molecule is C=C(C)C(=O)O.C=C(C)C(=O)O.C=C(C)C(=O)O.C=C(C)C(=O)O.CCC(CO)CO. The van der Waals surface area contributed by atoms with Crippen molar-refractivity contribution in [3.63, 3.8) is 0 Å². The number of rotatable bonds is 7. The zero-order chi connectivity index (χ0) is 26.3. The van der Waals surface area contributed by atoms with Crippen LogP contribution < -0.4 is 0 Å². The quantitative estimate of drug-likeness (QED) is 0.316. The lowest BCUT2D eigenvalue weighted by Gasteiger charge is -2.03. The minimum Gasteiger partial charge on any atom is -0.478 e. The van der Waals surface area contributed by atoms with Gasteiger partial charge in [0.1, 0.15) is 0 Å². The molecule has 0 aliphatic carbocycles. The Labute approximate surface area is 183 Å². The van der Waals surface area contributed by atoms with Gasteiger partial charge in [-0.15, -0.1) is 0 Å². The molecule has 0 bridgehead atoms. The molecule has 31 heavy (non-hydrogen) atoms. The van der Waals surface area contributed by atoms with E-state index in [-0.39, 0.29) is 41.4 Å². The second-order valence-electron chi connectivity index (χ2n) is 5.98. The predicted octanol–water partition coefficient (Wildman–Crippen LogP) is 2.59. The molecule has 0 aliphatic heterocycles. The van der Waals surface area contributed by atoms with E-state index in [0.29, 0.717) is 0 Å². The molecule has 0 aromatic rings. The van der Waals surface area contributed by atoms with Crippen molar-refractivity contribution >= 4 is 23.9 Å². The Morgan fingerprint density at radius 1 is 0.581 bits per heavy atom. The van der Waals surface area contributed by atoms with Crippen LogP contribution in [-0.2, 0) is 19.2 Å². The van der Waals surface area contributed by atoms with Crippen LogP contribution >= 0.6 is 0 Å². The van der Waals surface area contributed by atoms with Crippen molar-refractivity contribution in [3.05, 3.63) is 48.6 Å². The average molecular weight is 449 g/mol. The molecule has 180 valence electrons. The zero-order valence-electron chi connectivity index (χ0n) is 18.8. The standard InChI is InChI=1S/C5H12O2.4C4H6O2/c1-2-5(3-6)4-7;4*1-3(2)4(5)6/h5-7H,2-4H2,1H3;4*1H2,2H3,(H,5,6). The fourth-order valence-corrected chi connectivity index (χ4v) is 0.316. The van der Waals surface area contributed by atoms with Crippen LogP contribution in [0.5, 0.6) is 0 Å². The Bertz CT molecular complexity index is 464. The molecule has 0 fully saturated rings. The summed E-state index contributed by atoms with van der Waals surface area (Å²) in [6, 6.07) is 0. The molecule has 0 amide bonds. The van der Waals surface area contributed by atoms with Crippen LogP contribution in [0.3, 0.4) is 0 Å². The molecule has 0 atom stereocenters. The molecule has 10 nitrogen and oxygen atoms in total. The third-order valence-electron chi connectivity index (χ3n) is 2.55. The molecule has 0 heterocycles. The van der Waals surface area contributed by atoms with Gasteiger partial charge in [0.05, 0.1) is 0 Å². The van der Waals surface area contributed by atoms with Gasteiger partial charge in [-0.3, -0.25) is 0 Å². The van der Waals surface area contributed by atoms with E-state index in [1.807, 2.05) is 6.92 Å². The van der Waals surface area contributed by atoms with E-state index in [2.05, 4.69) is 26.3 Å². The first-order chi connectivity index (χ1) is 13.9. The maximum Gasteiger partial charge on any atom is 0.330 e. The van der Waals surface area contributed by atoms with Crippen molar-refractivity contribution in [2.75, 3.05) is 13.2 Å². The molecule has 0 rings (SSSR count). The molecule has 0 radical (unpaired) electrons. The highest BCUT2D eigenvalue weighted by Gasteiger charge is 1.98. The Morgan fingerprint density at radius 3 is 0.710 bits per heavy atom. The maximum atomic E-state index is 9.60. The summed E-state index contributed by atoms with van der Waals surface area (Å²) in [5, 5.41) is 48.3. The molecule has 0 spiro atoms. The number of carbonyl (C=O) groups is 4. The van der Waals surface area contributed by atoms with E-state index in [1.54, 1.807) is 0 Å². The van der Waals surface area contributed by atoms with Crippen LogP contribution in [-0.4, -0.2) is 67.7 Å². The van der Waals surface area contributed by atoms with Crippen LogP contribution in [0.25, 0.3) is 0 Å². The van der Waals surface area contributed by atoms with Crippen molar-refractivity contribution in [2.45, 2.75) is 41.0 Å². The molecule has 0 unspecified atom stereocenters. The Hall–Kier alpha value is -3.24. The van der Waals surface area contributed by atoms with Crippen LogP contribution in [0.1, 0.15) is 41.0 Å². The van der Waals surface area contributed by atoms with Gasteiger partial charge >= 0.3 is 23.9 Å². The molecule has 0 aliphatic rings. The lowest BCUT2D eigenvalue weighted by molar-refractivity contribution is -0.133. The van der Waals surface area contributed by atoms with Gasteiger partial charge in [0, 0.05) is 41.4 Å². The summed E-state index contributed by atoms with van der Waals surface area (Å²) in [6.45, 7) is 20.6. The molecule has 0 saturated carbocycles. The Balaban J connectivity index is -0.0000000910. The van der Waals surface area contributed by atoms with E-state index in [0.717, 1.165) is 6.42 Å². The van der Waals surface area contributed by atoms with Gasteiger partial charge in [-0.2, -0.15) is 0 Å². The highest BCUT2D eigenvalue weighted by Crippen LogP contribution is 1.96. The molecular weight excluding hydrogens is 412 g/mol. The minimum atomic E-state index is -0.935. The fourth-order valence-electron chi connectivity index (χ4n) is 0.316. The van der Waals surface area contributed by atoms with Gasteiger partial charge in [-0.05, 0) is 34.1 Å². The average Bonchev–Trinajstić information content (AvgIpc) is 2.64. The lowest BCUT2D eigenvalue weighted by atomic mass is 10.1. The summed E-state index contributed by atoms with van der Waals surface area (Å²) in [6.07, 6.45) is 0.854. The predicted molar refractivity (Wildman–Crippen MR) is 118 cm³/mol. The Morgan fingerprint density at radius 2 is 0.710 bits per heavy atom. The molecule has 0 saturated heterocycles. The van der Waals surface area contributed by atoms with Crippen molar-refractivity contribution in [2.24, 2.45) is 5.92 Å².